The lowest BCUT2D eigenvalue weighted by Crippen LogP contribution is -2.20. The van der Waals surface area contributed by atoms with Gasteiger partial charge in [-0.2, -0.15) is 0 Å². The zero-order valence-electron chi connectivity index (χ0n) is 14.5. The second kappa shape index (κ2) is 7.19. The van der Waals surface area contributed by atoms with Crippen molar-refractivity contribution in [2.45, 2.75) is 32.4 Å². The molecule has 4 rings (SSSR count). The van der Waals surface area contributed by atoms with Gasteiger partial charge in [0.05, 0.1) is 18.8 Å². The number of imidazole rings is 1. The Balaban J connectivity index is 1.47. The van der Waals surface area contributed by atoms with E-state index in [1.807, 2.05) is 17.1 Å². The zero-order valence-corrected chi connectivity index (χ0v) is 14.5. The van der Waals surface area contributed by atoms with Gasteiger partial charge in [-0.15, -0.1) is 5.10 Å². The highest BCUT2D eigenvalue weighted by molar-refractivity contribution is 5.16. The maximum Gasteiger partial charge on any atom is 0.108 e. The SMILES string of the molecule is CCc1nccn1Cc1cn([C@@H]2CNC[C@@H]2Cc2ccccc2)nn1. The van der Waals surface area contributed by atoms with Crippen LogP contribution in [-0.2, 0) is 19.4 Å². The van der Waals surface area contributed by atoms with Gasteiger partial charge in [0.25, 0.3) is 0 Å². The first-order valence-corrected chi connectivity index (χ1v) is 8.99. The van der Waals surface area contributed by atoms with Gasteiger partial charge in [0.1, 0.15) is 11.5 Å². The molecule has 6 heteroatoms. The molecule has 2 atom stereocenters. The van der Waals surface area contributed by atoms with Crippen molar-refractivity contribution in [1.29, 1.82) is 0 Å². The molecule has 2 aromatic heterocycles. The van der Waals surface area contributed by atoms with Crippen molar-refractivity contribution in [2.75, 3.05) is 13.1 Å². The number of rotatable bonds is 6. The monoisotopic (exact) mass is 336 g/mol. The van der Waals surface area contributed by atoms with Gasteiger partial charge in [-0.25, -0.2) is 9.67 Å². The van der Waals surface area contributed by atoms with Gasteiger partial charge in [-0.3, -0.25) is 0 Å². The van der Waals surface area contributed by atoms with Gasteiger partial charge < -0.3 is 9.88 Å². The summed E-state index contributed by atoms with van der Waals surface area (Å²) >= 11 is 0. The standard InChI is InChI=1S/C19H24N6/c1-2-19-21-8-9-24(19)13-17-14-25(23-22-17)18-12-20-11-16(18)10-15-6-4-3-5-7-15/h3-9,14,16,18,20H,2,10-13H2,1H3/t16-,18+/m0/s1. The van der Waals surface area contributed by atoms with Crippen molar-refractivity contribution in [1.82, 2.24) is 29.9 Å². The van der Waals surface area contributed by atoms with E-state index in [4.69, 9.17) is 0 Å². The van der Waals surface area contributed by atoms with Gasteiger partial charge in [0.2, 0.25) is 0 Å². The molecule has 3 aromatic rings. The van der Waals surface area contributed by atoms with Crippen LogP contribution in [0.2, 0.25) is 0 Å². The fourth-order valence-corrected chi connectivity index (χ4v) is 3.67. The molecule has 0 spiro atoms. The lowest BCUT2D eigenvalue weighted by molar-refractivity contribution is 0.368. The molecule has 1 saturated heterocycles. The Morgan fingerprint density at radius 2 is 2.08 bits per heavy atom. The Bertz CT molecular complexity index is 806. The van der Waals surface area contributed by atoms with Crippen molar-refractivity contribution in [3.05, 3.63) is 66.0 Å². The molecule has 130 valence electrons. The zero-order chi connectivity index (χ0) is 17.1. The van der Waals surface area contributed by atoms with Crippen LogP contribution in [0.3, 0.4) is 0 Å². The molecule has 6 nitrogen and oxygen atoms in total. The number of nitrogens with zero attached hydrogens (tertiary/aromatic N) is 5. The Morgan fingerprint density at radius 3 is 2.92 bits per heavy atom. The first-order chi connectivity index (χ1) is 12.3. The highest BCUT2D eigenvalue weighted by Gasteiger charge is 2.29. The molecule has 25 heavy (non-hydrogen) atoms. The topological polar surface area (TPSA) is 60.6 Å². The third-order valence-electron chi connectivity index (χ3n) is 4.99. The van der Waals surface area contributed by atoms with Crippen molar-refractivity contribution in [3.63, 3.8) is 0 Å². The predicted octanol–water partition coefficient (Wildman–Crippen LogP) is 2.09. The van der Waals surface area contributed by atoms with E-state index in [0.29, 0.717) is 12.0 Å². The fraction of sp³-hybridized carbons (Fsp3) is 0.421. The van der Waals surface area contributed by atoms with Crippen molar-refractivity contribution in [3.8, 4) is 0 Å². The molecule has 1 fully saturated rings. The van der Waals surface area contributed by atoms with Crippen molar-refractivity contribution >= 4 is 0 Å². The summed E-state index contributed by atoms with van der Waals surface area (Å²) in [6.07, 6.45) is 7.93. The molecule has 0 saturated carbocycles. The average molecular weight is 336 g/mol. The molecule has 1 aromatic carbocycles. The van der Waals surface area contributed by atoms with E-state index < -0.39 is 0 Å². The largest absolute Gasteiger partial charge is 0.329 e. The summed E-state index contributed by atoms with van der Waals surface area (Å²) in [5, 5.41) is 12.3. The highest BCUT2D eigenvalue weighted by Crippen LogP contribution is 2.25. The fourth-order valence-electron chi connectivity index (χ4n) is 3.67. The number of hydrogen-bond donors (Lipinski definition) is 1. The first-order valence-electron chi connectivity index (χ1n) is 8.99. The first kappa shape index (κ1) is 16.0. The lowest BCUT2D eigenvalue weighted by Gasteiger charge is -2.18. The molecule has 1 aliphatic rings. The summed E-state index contributed by atoms with van der Waals surface area (Å²) in [7, 11) is 0. The van der Waals surface area contributed by atoms with E-state index >= 15 is 0 Å². The summed E-state index contributed by atoms with van der Waals surface area (Å²) in [6, 6.07) is 11.0. The normalized spacial score (nSPS) is 20.2. The highest BCUT2D eigenvalue weighted by atomic mass is 15.4. The van der Waals surface area contributed by atoms with Crippen molar-refractivity contribution < 1.29 is 0 Å². The number of aryl methyl sites for hydroxylation is 1. The molecule has 0 bridgehead atoms. The minimum absolute atomic E-state index is 0.356. The summed E-state index contributed by atoms with van der Waals surface area (Å²) < 4.78 is 4.19. The lowest BCUT2D eigenvalue weighted by atomic mass is 9.95. The smallest absolute Gasteiger partial charge is 0.108 e. The van der Waals surface area contributed by atoms with Crippen LogP contribution in [0.25, 0.3) is 0 Å². The van der Waals surface area contributed by atoms with Crippen LogP contribution in [0.4, 0.5) is 0 Å². The van der Waals surface area contributed by atoms with Gasteiger partial charge in [0, 0.05) is 31.9 Å². The van der Waals surface area contributed by atoms with Crippen molar-refractivity contribution in [2.24, 2.45) is 5.92 Å². The van der Waals surface area contributed by atoms with Crippen LogP contribution < -0.4 is 5.32 Å². The quantitative estimate of drug-likeness (QED) is 0.749. The third kappa shape index (κ3) is 3.49. The summed E-state index contributed by atoms with van der Waals surface area (Å²) in [6.45, 7) is 4.82. The second-order valence-corrected chi connectivity index (χ2v) is 6.69. The van der Waals surface area contributed by atoms with Gasteiger partial charge in [0.15, 0.2) is 0 Å². The Morgan fingerprint density at radius 1 is 1.20 bits per heavy atom. The van der Waals surface area contributed by atoms with E-state index in [2.05, 4.69) is 68.6 Å². The number of benzene rings is 1. The van der Waals surface area contributed by atoms with E-state index in [-0.39, 0.29) is 0 Å². The molecule has 0 amide bonds. The van der Waals surface area contributed by atoms with Gasteiger partial charge in [-0.1, -0.05) is 42.5 Å². The van der Waals surface area contributed by atoms with Crippen LogP contribution in [0.1, 0.15) is 30.0 Å². The molecule has 3 heterocycles. The maximum absolute atomic E-state index is 4.42. The average Bonchev–Trinajstić information content (AvgIpc) is 3.37. The predicted molar refractivity (Wildman–Crippen MR) is 96.3 cm³/mol. The van der Waals surface area contributed by atoms with Crippen LogP contribution in [-0.4, -0.2) is 37.6 Å². The number of aromatic nitrogens is 5. The molecular weight excluding hydrogens is 312 g/mol. The Hall–Kier alpha value is -2.47. The Kier molecular flexibility index (Phi) is 4.61. The van der Waals surface area contributed by atoms with Crippen LogP contribution in [0, 0.1) is 5.92 Å². The minimum Gasteiger partial charge on any atom is -0.329 e. The molecule has 0 radical (unpaired) electrons. The molecular formula is C19H24N6. The van der Waals surface area contributed by atoms with E-state index in [0.717, 1.165) is 44.0 Å². The number of hydrogen-bond acceptors (Lipinski definition) is 4. The summed E-state index contributed by atoms with van der Waals surface area (Å²) in [4.78, 5) is 4.37. The van der Waals surface area contributed by atoms with E-state index in [1.165, 1.54) is 5.56 Å². The maximum atomic E-state index is 4.42. The molecule has 1 aliphatic heterocycles. The second-order valence-electron chi connectivity index (χ2n) is 6.69. The van der Waals surface area contributed by atoms with Crippen LogP contribution in [0.5, 0.6) is 0 Å². The molecule has 1 N–H and O–H groups in total. The summed E-state index contributed by atoms with van der Waals surface area (Å²) in [5.41, 5.74) is 2.37. The number of nitrogens with one attached hydrogen (secondary N) is 1. The Labute approximate surface area is 147 Å². The van der Waals surface area contributed by atoms with Crippen LogP contribution in [0.15, 0.2) is 48.9 Å². The third-order valence-corrected chi connectivity index (χ3v) is 4.99. The van der Waals surface area contributed by atoms with E-state index in [1.54, 1.807) is 0 Å². The summed E-state index contributed by atoms with van der Waals surface area (Å²) in [5.74, 6) is 1.62. The minimum atomic E-state index is 0.356. The molecule has 0 unspecified atom stereocenters. The van der Waals surface area contributed by atoms with Crippen LogP contribution >= 0.6 is 0 Å². The van der Waals surface area contributed by atoms with Gasteiger partial charge in [-0.05, 0) is 17.9 Å². The molecule has 0 aliphatic carbocycles. The van der Waals surface area contributed by atoms with E-state index in [9.17, 15) is 0 Å². The van der Waals surface area contributed by atoms with Gasteiger partial charge >= 0.3 is 0 Å².